The third-order valence-corrected chi connectivity index (χ3v) is 4.68. The minimum atomic E-state index is 0.0277. The van der Waals surface area contributed by atoms with Gasteiger partial charge in [0.05, 0.1) is 0 Å². The number of phenols is 1. The molecule has 5 heteroatoms. The van der Waals surface area contributed by atoms with Crippen LogP contribution in [0.25, 0.3) is 6.08 Å². The first kappa shape index (κ1) is 14.9. The van der Waals surface area contributed by atoms with Crippen molar-refractivity contribution in [3.63, 3.8) is 0 Å². The number of aryl methyl sites for hydroxylation is 1. The molecule has 0 amide bonds. The number of anilines is 1. The summed E-state index contributed by atoms with van der Waals surface area (Å²) in [5, 5.41) is 9.55. The number of Topliss-reactive ketones (excluding diaryl/α,β-unsaturated/α-hetero) is 1. The van der Waals surface area contributed by atoms with Gasteiger partial charge < -0.3 is 10.0 Å². The number of aromatic nitrogens is 2. The molecule has 24 heavy (non-hydrogen) atoms. The van der Waals surface area contributed by atoms with Crippen LogP contribution >= 0.6 is 0 Å². The first-order valence-corrected chi connectivity index (χ1v) is 8.35. The number of carbonyl (C=O) groups excluding carboxylic acids is 1. The highest BCUT2D eigenvalue weighted by Crippen LogP contribution is 2.29. The van der Waals surface area contributed by atoms with Gasteiger partial charge in [0, 0.05) is 42.2 Å². The van der Waals surface area contributed by atoms with Crippen LogP contribution in [-0.2, 0) is 6.42 Å². The molecular formula is C19H19N3O2. The maximum Gasteiger partial charge on any atom is 0.225 e. The van der Waals surface area contributed by atoms with Gasteiger partial charge in [-0.25, -0.2) is 9.97 Å². The molecule has 1 saturated heterocycles. The van der Waals surface area contributed by atoms with Crippen LogP contribution in [0, 0.1) is 0 Å². The van der Waals surface area contributed by atoms with E-state index in [9.17, 15) is 9.90 Å². The van der Waals surface area contributed by atoms with Gasteiger partial charge in [0.15, 0.2) is 5.78 Å². The van der Waals surface area contributed by atoms with Crippen molar-refractivity contribution >= 4 is 17.8 Å². The molecule has 0 spiro atoms. The van der Waals surface area contributed by atoms with Gasteiger partial charge in [0.2, 0.25) is 5.95 Å². The van der Waals surface area contributed by atoms with Crippen molar-refractivity contribution < 1.29 is 9.90 Å². The van der Waals surface area contributed by atoms with E-state index in [2.05, 4.69) is 14.9 Å². The molecule has 1 aromatic heterocycles. The molecule has 1 fully saturated rings. The predicted octanol–water partition coefficient (Wildman–Crippen LogP) is 2.99. The van der Waals surface area contributed by atoms with Gasteiger partial charge in [-0.05, 0) is 55.5 Å². The van der Waals surface area contributed by atoms with Crippen molar-refractivity contribution in [1.82, 2.24) is 9.97 Å². The van der Waals surface area contributed by atoms with Crippen molar-refractivity contribution in [3.05, 3.63) is 52.9 Å². The number of benzene rings is 1. The monoisotopic (exact) mass is 321 g/mol. The molecule has 0 radical (unpaired) electrons. The molecule has 0 bridgehead atoms. The first-order chi connectivity index (χ1) is 11.7. The molecule has 1 N–H and O–H groups in total. The second kappa shape index (κ2) is 6.07. The third kappa shape index (κ3) is 2.77. The molecule has 2 heterocycles. The summed E-state index contributed by atoms with van der Waals surface area (Å²) < 4.78 is 0. The Balaban J connectivity index is 1.57. The standard InChI is InChI=1S/C19H19N3O2/c23-16-5-6-17-14(10-16)3-4-15(18(17)24)9-13-11-20-19(21-12-13)22-7-1-2-8-22/h5-6,9-12,23H,1-4,7-8H2/b15-9-. The van der Waals surface area contributed by atoms with Gasteiger partial charge in [0.25, 0.3) is 0 Å². The predicted molar refractivity (Wildman–Crippen MR) is 92.2 cm³/mol. The van der Waals surface area contributed by atoms with Gasteiger partial charge in [0.1, 0.15) is 5.75 Å². The number of carbonyl (C=O) groups is 1. The SMILES string of the molecule is O=C1/C(=C\c2cnc(N3CCCC3)nc2)CCc2cc(O)ccc21. The molecule has 122 valence electrons. The molecule has 5 nitrogen and oxygen atoms in total. The fourth-order valence-corrected chi connectivity index (χ4v) is 3.39. The topological polar surface area (TPSA) is 66.3 Å². The Hall–Kier alpha value is -2.69. The summed E-state index contributed by atoms with van der Waals surface area (Å²) >= 11 is 0. The van der Waals surface area contributed by atoms with Gasteiger partial charge in [-0.1, -0.05) is 0 Å². The molecular weight excluding hydrogens is 302 g/mol. The second-order valence-electron chi connectivity index (χ2n) is 6.35. The Morgan fingerprint density at radius 1 is 1.08 bits per heavy atom. The van der Waals surface area contributed by atoms with E-state index in [0.717, 1.165) is 42.2 Å². The van der Waals surface area contributed by atoms with Crippen LogP contribution in [-0.4, -0.2) is 33.9 Å². The van der Waals surface area contributed by atoms with E-state index in [1.165, 1.54) is 12.8 Å². The van der Waals surface area contributed by atoms with E-state index in [-0.39, 0.29) is 11.5 Å². The molecule has 2 aliphatic rings. The zero-order valence-electron chi connectivity index (χ0n) is 13.4. The van der Waals surface area contributed by atoms with Crippen LogP contribution in [0.1, 0.15) is 40.7 Å². The molecule has 1 aromatic carbocycles. The average molecular weight is 321 g/mol. The summed E-state index contributed by atoms with van der Waals surface area (Å²) in [5.74, 6) is 1.00. The number of nitrogens with zero attached hydrogens (tertiary/aromatic N) is 3. The van der Waals surface area contributed by atoms with E-state index >= 15 is 0 Å². The van der Waals surface area contributed by atoms with Gasteiger partial charge in [-0.3, -0.25) is 4.79 Å². The average Bonchev–Trinajstić information content (AvgIpc) is 3.12. The summed E-state index contributed by atoms with van der Waals surface area (Å²) in [7, 11) is 0. The van der Waals surface area contributed by atoms with E-state index in [1.54, 1.807) is 30.6 Å². The number of rotatable bonds is 2. The van der Waals surface area contributed by atoms with Crippen LogP contribution in [0.3, 0.4) is 0 Å². The van der Waals surface area contributed by atoms with Crippen molar-refractivity contribution in [2.45, 2.75) is 25.7 Å². The summed E-state index contributed by atoms with van der Waals surface area (Å²) in [5.41, 5.74) is 3.21. The van der Waals surface area contributed by atoms with E-state index in [1.807, 2.05) is 6.08 Å². The maximum atomic E-state index is 12.6. The highest BCUT2D eigenvalue weighted by molar-refractivity contribution is 6.13. The van der Waals surface area contributed by atoms with Crippen LogP contribution < -0.4 is 4.90 Å². The molecule has 2 aromatic rings. The number of hydrogen-bond acceptors (Lipinski definition) is 5. The summed E-state index contributed by atoms with van der Waals surface area (Å²) in [6.45, 7) is 2.03. The summed E-state index contributed by atoms with van der Waals surface area (Å²) in [4.78, 5) is 23.7. The quantitative estimate of drug-likeness (QED) is 0.861. The molecule has 0 atom stereocenters. The van der Waals surface area contributed by atoms with E-state index < -0.39 is 0 Å². The number of fused-ring (bicyclic) bond motifs is 1. The molecule has 0 saturated carbocycles. The van der Waals surface area contributed by atoms with Crippen molar-refractivity contribution in [1.29, 1.82) is 0 Å². The lowest BCUT2D eigenvalue weighted by atomic mass is 9.86. The Labute approximate surface area is 140 Å². The Bertz CT molecular complexity index is 806. The number of phenolic OH excluding ortho intramolecular Hbond substituents is 1. The normalized spacial score (nSPS) is 18.9. The Morgan fingerprint density at radius 2 is 1.83 bits per heavy atom. The summed E-state index contributed by atoms with van der Waals surface area (Å²) in [6, 6.07) is 4.94. The smallest absolute Gasteiger partial charge is 0.225 e. The number of allylic oxidation sites excluding steroid dienone is 1. The van der Waals surface area contributed by atoms with Gasteiger partial charge >= 0.3 is 0 Å². The van der Waals surface area contributed by atoms with Crippen LogP contribution in [0.5, 0.6) is 5.75 Å². The lowest BCUT2D eigenvalue weighted by Gasteiger charge is -2.18. The zero-order chi connectivity index (χ0) is 16.5. The fraction of sp³-hybridized carbons (Fsp3) is 0.316. The largest absolute Gasteiger partial charge is 0.508 e. The second-order valence-corrected chi connectivity index (χ2v) is 6.35. The molecule has 4 rings (SSSR count). The third-order valence-electron chi connectivity index (χ3n) is 4.68. The highest BCUT2D eigenvalue weighted by Gasteiger charge is 2.22. The lowest BCUT2D eigenvalue weighted by molar-refractivity contribution is 0.102. The Morgan fingerprint density at radius 3 is 2.58 bits per heavy atom. The van der Waals surface area contributed by atoms with Gasteiger partial charge in [-0.2, -0.15) is 0 Å². The van der Waals surface area contributed by atoms with Crippen LogP contribution in [0.4, 0.5) is 5.95 Å². The fourth-order valence-electron chi connectivity index (χ4n) is 3.39. The van der Waals surface area contributed by atoms with E-state index in [0.29, 0.717) is 12.0 Å². The maximum absolute atomic E-state index is 12.6. The van der Waals surface area contributed by atoms with Crippen molar-refractivity contribution in [2.24, 2.45) is 0 Å². The molecule has 0 unspecified atom stereocenters. The highest BCUT2D eigenvalue weighted by atomic mass is 16.3. The minimum Gasteiger partial charge on any atom is -0.508 e. The number of hydrogen-bond donors (Lipinski definition) is 1. The molecule has 1 aliphatic heterocycles. The minimum absolute atomic E-state index is 0.0277. The van der Waals surface area contributed by atoms with Crippen molar-refractivity contribution in [2.75, 3.05) is 18.0 Å². The number of ketones is 1. The Kier molecular flexibility index (Phi) is 3.76. The molecule has 1 aliphatic carbocycles. The van der Waals surface area contributed by atoms with E-state index in [4.69, 9.17) is 0 Å². The van der Waals surface area contributed by atoms with Crippen LogP contribution in [0.15, 0.2) is 36.2 Å². The first-order valence-electron chi connectivity index (χ1n) is 8.35. The van der Waals surface area contributed by atoms with Crippen LogP contribution in [0.2, 0.25) is 0 Å². The summed E-state index contributed by atoms with van der Waals surface area (Å²) in [6.07, 6.45) is 9.26. The number of aromatic hydroxyl groups is 1. The van der Waals surface area contributed by atoms with Gasteiger partial charge in [-0.15, -0.1) is 0 Å². The lowest BCUT2D eigenvalue weighted by Crippen LogP contribution is -2.20. The van der Waals surface area contributed by atoms with Crippen molar-refractivity contribution in [3.8, 4) is 5.75 Å². The zero-order valence-corrected chi connectivity index (χ0v) is 13.4.